The van der Waals surface area contributed by atoms with E-state index in [4.69, 9.17) is 4.74 Å². The van der Waals surface area contributed by atoms with Crippen molar-refractivity contribution in [2.75, 3.05) is 44.2 Å². The molecule has 1 saturated heterocycles. The fraction of sp³-hybridized carbons (Fsp3) is 0.435. The van der Waals surface area contributed by atoms with Crippen LogP contribution in [0.25, 0.3) is 0 Å². The van der Waals surface area contributed by atoms with Gasteiger partial charge in [0.1, 0.15) is 5.60 Å². The summed E-state index contributed by atoms with van der Waals surface area (Å²) in [5.41, 5.74) is 2.12. The van der Waals surface area contributed by atoms with E-state index in [9.17, 15) is 4.79 Å². The molecule has 2 aromatic rings. The number of ether oxygens (including phenoxy) is 1. The van der Waals surface area contributed by atoms with E-state index in [1.54, 1.807) is 0 Å². The first-order valence-electron chi connectivity index (χ1n) is 10.2. The molecular formula is C23H29N3O2S. The number of carbonyl (C=O) groups is 1. The monoisotopic (exact) mass is 411 g/mol. The number of anilines is 2. The van der Waals surface area contributed by atoms with Crippen molar-refractivity contribution in [1.29, 1.82) is 0 Å². The molecule has 29 heavy (non-hydrogen) atoms. The second kappa shape index (κ2) is 8.28. The van der Waals surface area contributed by atoms with E-state index in [-0.39, 0.29) is 6.09 Å². The molecule has 154 valence electrons. The molecule has 0 spiro atoms. The first-order chi connectivity index (χ1) is 13.9. The zero-order valence-corrected chi connectivity index (χ0v) is 18.2. The van der Waals surface area contributed by atoms with Crippen LogP contribution in [-0.2, 0) is 4.74 Å². The lowest BCUT2D eigenvalue weighted by Crippen LogP contribution is -2.51. The Morgan fingerprint density at radius 2 is 1.45 bits per heavy atom. The van der Waals surface area contributed by atoms with E-state index in [1.165, 1.54) is 21.2 Å². The number of nitrogens with zero attached hydrogens (tertiary/aromatic N) is 3. The van der Waals surface area contributed by atoms with Gasteiger partial charge in [-0.2, -0.15) is 0 Å². The first-order valence-corrected chi connectivity index (χ1v) is 11.1. The largest absolute Gasteiger partial charge is 0.444 e. The molecule has 6 heteroatoms. The predicted molar refractivity (Wildman–Crippen MR) is 118 cm³/mol. The van der Waals surface area contributed by atoms with E-state index < -0.39 is 5.60 Å². The summed E-state index contributed by atoms with van der Waals surface area (Å²) >= 11 is 1.84. The van der Waals surface area contributed by atoms with Gasteiger partial charge < -0.3 is 14.5 Å². The molecule has 0 saturated carbocycles. The molecule has 5 nitrogen and oxygen atoms in total. The molecule has 2 aromatic carbocycles. The SMILES string of the molecule is CC(C)(C)OC(=O)N1CCN(CCN2c3ccccc3Sc3ccccc32)CC1. The molecule has 0 radical (unpaired) electrons. The Morgan fingerprint density at radius 3 is 2.00 bits per heavy atom. The third kappa shape index (κ3) is 4.70. The van der Waals surface area contributed by atoms with Gasteiger partial charge in [-0.25, -0.2) is 4.79 Å². The Hall–Kier alpha value is -2.18. The van der Waals surface area contributed by atoms with Crippen LogP contribution in [0.5, 0.6) is 0 Å². The highest BCUT2D eigenvalue weighted by molar-refractivity contribution is 7.99. The van der Waals surface area contributed by atoms with Crippen LogP contribution < -0.4 is 4.90 Å². The summed E-state index contributed by atoms with van der Waals surface area (Å²) < 4.78 is 5.50. The summed E-state index contributed by atoms with van der Waals surface area (Å²) in [6.45, 7) is 10.8. The highest BCUT2D eigenvalue weighted by Crippen LogP contribution is 2.47. The number of hydrogen-bond acceptors (Lipinski definition) is 5. The lowest BCUT2D eigenvalue weighted by Gasteiger charge is -2.38. The van der Waals surface area contributed by atoms with Crippen molar-refractivity contribution in [3.63, 3.8) is 0 Å². The summed E-state index contributed by atoms with van der Waals surface area (Å²) in [6.07, 6.45) is -0.201. The van der Waals surface area contributed by atoms with Crippen molar-refractivity contribution < 1.29 is 9.53 Å². The molecule has 1 fully saturated rings. The van der Waals surface area contributed by atoms with Gasteiger partial charge in [-0.15, -0.1) is 0 Å². The van der Waals surface area contributed by atoms with Crippen LogP contribution in [0.3, 0.4) is 0 Å². The molecular weight excluding hydrogens is 382 g/mol. The summed E-state index contributed by atoms with van der Waals surface area (Å²) in [5, 5.41) is 0. The molecule has 0 unspecified atom stereocenters. The third-order valence-electron chi connectivity index (χ3n) is 5.20. The zero-order valence-electron chi connectivity index (χ0n) is 17.4. The quantitative estimate of drug-likeness (QED) is 0.722. The molecule has 2 aliphatic rings. The van der Waals surface area contributed by atoms with Gasteiger partial charge in [0.2, 0.25) is 0 Å². The van der Waals surface area contributed by atoms with Gasteiger partial charge >= 0.3 is 6.09 Å². The van der Waals surface area contributed by atoms with Gasteiger partial charge in [-0.3, -0.25) is 4.90 Å². The van der Waals surface area contributed by atoms with E-state index in [2.05, 4.69) is 58.3 Å². The van der Waals surface area contributed by atoms with Crippen molar-refractivity contribution in [1.82, 2.24) is 9.80 Å². The number of amides is 1. The Labute approximate surface area is 177 Å². The lowest BCUT2D eigenvalue weighted by atomic mass is 10.2. The van der Waals surface area contributed by atoms with Gasteiger partial charge in [0.15, 0.2) is 0 Å². The van der Waals surface area contributed by atoms with Crippen molar-refractivity contribution in [2.45, 2.75) is 36.2 Å². The zero-order chi connectivity index (χ0) is 20.4. The fourth-order valence-electron chi connectivity index (χ4n) is 3.74. The maximum atomic E-state index is 12.3. The second-order valence-electron chi connectivity index (χ2n) is 8.50. The molecule has 0 N–H and O–H groups in total. The van der Waals surface area contributed by atoms with Gasteiger partial charge in [0, 0.05) is 49.1 Å². The normalized spacial score (nSPS) is 16.9. The molecule has 0 bridgehead atoms. The molecule has 1 amide bonds. The Bertz CT molecular complexity index is 827. The summed E-state index contributed by atoms with van der Waals surface area (Å²) in [4.78, 5) is 21.6. The van der Waals surface area contributed by atoms with Crippen LogP contribution in [0.4, 0.5) is 16.2 Å². The van der Waals surface area contributed by atoms with Crippen LogP contribution >= 0.6 is 11.8 Å². The Morgan fingerprint density at radius 1 is 0.897 bits per heavy atom. The Balaban J connectivity index is 1.38. The number of fused-ring (bicyclic) bond motifs is 2. The van der Waals surface area contributed by atoms with Crippen molar-refractivity contribution in [3.05, 3.63) is 48.5 Å². The van der Waals surface area contributed by atoms with E-state index in [0.29, 0.717) is 0 Å². The minimum Gasteiger partial charge on any atom is -0.444 e. The van der Waals surface area contributed by atoms with E-state index in [1.807, 2.05) is 37.4 Å². The average molecular weight is 412 g/mol. The van der Waals surface area contributed by atoms with Crippen LogP contribution in [-0.4, -0.2) is 60.8 Å². The predicted octanol–water partition coefficient (Wildman–Crippen LogP) is 4.84. The average Bonchev–Trinajstić information content (AvgIpc) is 2.70. The maximum Gasteiger partial charge on any atom is 0.410 e. The molecule has 2 aliphatic heterocycles. The minimum atomic E-state index is -0.443. The van der Waals surface area contributed by atoms with Gasteiger partial charge in [0.25, 0.3) is 0 Å². The van der Waals surface area contributed by atoms with Crippen LogP contribution in [0.15, 0.2) is 58.3 Å². The molecule has 0 aliphatic carbocycles. The minimum absolute atomic E-state index is 0.201. The smallest absolute Gasteiger partial charge is 0.410 e. The van der Waals surface area contributed by atoms with Crippen molar-refractivity contribution >= 4 is 29.2 Å². The van der Waals surface area contributed by atoms with Crippen molar-refractivity contribution in [3.8, 4) is 0 Å². The molecule has 4 rings (SSSR count). The van der Waals surface area contributed by atoms with E-state index in [0.717, 1.165) is 39.3 Å². The Kier molecular flexibility index (Phi) is 5.74. The molecule has 2 heterocycles. The number of rotatable bonds is 3. The highest BCUT2D eigenvalue weighted by atomic mass is 32.2. The van der Waals surface area contributed by atoms with Gasteiger partial charge in [0.05, 0.1) is 11.4 Å². The lowest BCUT2D eigenvalue weighted by molar-refractivity contribution is 0.0148. The number of para-hydroxylation sites is 2. The number of hydrogen-bond donors (Lipinski definition) is 0. The van der Waals surface area contributed by atoms with Crippen LogP contribution in [0.2, 0.25) is 0 Å². The fourth-order valence-corrected chi connectivity index (χ4v) is 4.84. The number of benzene rings is 2. The highest BCUT2D eigenvalue weighted by Gasteiger charge is 2.27. The standard InChI is InChI=1S/C23H29N3O2S/c1-23(2,3)28-22(27)25-15-12-24(13-16-25)14-17-26-18-8-4-6-10-20(18)29-21-11-7-5-9-19(21)26/h4-11H,12-17H2,1-3H3. The number of carbonyl (C=O) groups excluding carboxylic acids is 1. The summed E-state index contributed by atoms with van der Waals surface area (Å²) in [5.74, 6) is 0. The van der Waals surface area contributed by atoms with Gasteiger partial charge in [-0.1, -0.05) is 36.0 Å². The molecule has 0 aromatic heterocycles. The van der Waals surface area contributed by atoms with Crippen LogP contribution in [0.1, 0.15) is 20.8 Å². The topological polar surface area (TPSA) is 36.0 Å². The molecule has 0 atom stereocenters. The third-order valence-corrected chi connectivity index (χ3v) is 6.33. The summed E-state index contributed by atoms with van der Waals surface area (Å²) in [7, 11) is 0. The van der Waals surface area contributed by atoms with Gasteiger partial charge in [-0.05, 0) is 45.0 Å². The van der Waals surface area contributed by atoms with E-state index >= 15 is 0 Å². The van der Waals surface area contributed by atoms with Crippen LogP contribution in [0, 0.1) is 0 Å². The summed E-state index contributed by atoms with van der Waals surface area (Å²) in [6, 6.07) is 17.2. The second-order valence-corrected chi connectivity index (χ2v) is 9.58. The first kappa shape index (κ1) is 20.1. The number of piperazine rings is 1. The maximum absolute atomic E-state index is 12.3. The van der Waals surface area contributed by atoms with Crippen molar-refractivity contribution in [2.24, 2.45) is 0 Å².